The number of hydrogen-bond donors (Lipinski definition) is 1. The highest BCUT2D eigenvalue weighted by atomic mass is 127. The molecule has 5 nitrogen and oxygen atoms in total. The fraction of sp³-hybridized carbons (Fsp3) is 0. The zero-order valence-corrected chi connectivity index (χ0v) is 11.9. The van der Waals surface area contributed by atoms with Crippen LogP contribution in [-0.4, -0.2) is 11.1 Å². The van der Waals surface area contributed by atoms with Crippen LogP contribution in [0.5, 0.6) is 0 Å². The number of rotatable bonds is 4. The fourth-order valence-corrected chi connectivity index (χ4v) is 1.94. The minimum atomic E-state index is -0.431. The van der Waals surface area contributed by atoms with Crippen LogP contribution in [0, 0.1) is 13.7 Å². The lowest BCUT2D eigenvalue weighted by Gasteiger charge is -2.00. The zero-order chi connectivity index (χ0) is 13.7. The number of nitro benzene ring substituents is 1. The highest BCUT2D eigenvalue weighted by Crippen LogP contribution is 2.15. The van der Waals surface area contributed by atoms with Crippen LogP contribution in [0.1, 0.15) is 5.56 Å². The first kappa shape index (κ1) is 13.5. The number of benzene rings is 2. The van der Waals surface area contributed by atoms with E-state index in [1.807, 2.05) is 24.3 Å². The molecule has 0 fully saturated rings. The number of non-ortho nitro benzene ring substituents is 1. The van der Waals surface area contributed by atoms with Crippen molar-refractivity contribution in [1.82, 2.24) is 0 Å². The SMILES string of the molecule is O=[N+]([O-])c1ccc(N/N=C\c2ccccc2I)cc1. The van der Waals surface area contributed by atoms with Crippen molar-refractivity contribution in [2.75, 3.05) is 5.43 Å². The molecule has 0 bridgehead atoms. The van der Waals surface area contributed by atoms with Crippen LogP contribution < -0.4 is 5.43 Å². The maximum Gasteiger partial charge on any atom is 0.269 e. The van der Waals surface area contributed by atoms with Crippen molar-refractivity contribution in [3.05, 3.63) is 67.8 Å². The predicted molar refractivity (Wildman–Crippen MR) is 83.5 cm³/mol. The summed E-state index contributed by atoms with van der Waals surface area (Å²) in [6.07, 6.45) is 1.71. The molecule has 96 valence electrons. The Hall–Kier alpha value is -1.96. The molecule has 19 heavy (non-hydrogen) atoms. The molecule has 0 saturated heterocycles. The van der Waals surface area contributed by atoms with Crippen molar-refractivity contribution in [2.45, 2.75) is 0 Å². The second-order valence-corrected chi connectivity index (χ2v) is 4.86. The molecule has 0 aliphatic heterocycles. The van der Waals surface area contributed by atoms with E-state index >= 15 is 0 Å². The number of anilines is 1. The minimum Gasteiger partial charge on any atom is -0.278 e. The second-order valence-electron chi connectivity index (χ2n) is 3.70. The first-order valence-corrected chi connectivity index (χ1v) is 6.53. The van der Waals surface area contributed by atoms with Crippen LogP contribution >= 0.6 is 22.6 Å². The van der Waals surface area contributed by atoms with Crippen LogP contribution in [-0.2, 0) is 0 Å². The van der Waals surface area contributed by atoms with Gasteiger partial charge in [0.05, 0.1) is 16.8 Å². The molecule has 6 heteroatoms. The fourth-order valence-electron chi connectivity index (χ4n) is 1.41. The molecule has 0 heterocycles. The monoisotopic (exact) mass is 367 g/mol. The Balaban J connectivity index is 2.03. The molecule has 0 unspecified atom stereocenters. The van der Waals surface area contributed by atoms with Gasteiger partial charge in [-0.1, -0.05) is 18.2 Å². The molecule has 0 aliphatic rings. The van der Waals surface area contributed by atoms with E-state index in [-0.39, 0.29) is 5.69 Å². The summed E-state index contributed by atoms with van der Waals surface area (Å²) < 4.78 is 1.11. The molecule has 0 saturated carbocycles. The third kappa shape index (κ3) is 3.75. The maximum atomic E-state index is 10.5. The minimum absolute atomic E-state index is 0.0622. The topological polar surface area (TPSA) is 67.5 Å². The van der Waals surface area contributed by atoms with Gasteiger partial charge in [0.25, 0.3) is 5.69 Å². The van der Waals surface area contributed by atoms with Crippen molar-refractivity contribution in [3.63, 3.8) is 0 Å². The molecule has 1 N–H and O–H groups in total. The summed E-state index contributed by atoms with van der Waals surface area (Å²) in [4.78, 5) is 10.1. The van der Waals surface area contributed by atoms with Crippen molar-refractivity contribution in [2.24, 2.45) is 5.10 Å². The summed E-state index contributed by atoms with van der Waals surface area (Å²) in [7, 11) is 0. The molecular formula is C13H10IN3O2. The summed E-state index contributed by atoms with van der Waals surface area (Å²) in [5, 5.41) is 14.6. The van der Waals surface area contributed by atoms with Gasteiger partial charge in [-0.25, -0.2) is 0 Å². The molecule has 0 spiro atoms. The van der Waals surface area contributed by atoms with Gasteiger partial charge in [0.15, 0.2) is 0 Å². The van der Waals surface area contributed by atoms with Crippen LogP contribution in [0.25, 0.3) is 0 Å². The predicted octanol–water partition coefficient (Wildman–Crippen LogP) is 3.65. The normalized spacial score (nSPS) is 10.6. The first-order valence-electron chi connectivity index (χ1n) is 5.45. The average molecular weight is 367 g/mol. The van der Waals surface area contributed by atoms with Crippen LogP contribution in [0.2, 0.25) is 0 Å². The molecule has 0 aromatic heterocycles. The second kappa shape index (κ2) is 6.28. The lowest BCUT2D eigenvalue weighted by molar-refractivity contribution is -0.384. The lowest BCUT2D eigenvalue weighted by atomic mass is 10.2. The van der Waals surface area contributed by atoms with Gasteiger partial charge < -0.3 is 0 Å². The van der Waals surface area contributed by atoms with E-state index in [4.69, 9.17) is 0 Å². The van der Waals surface area contributed by atoms with Gasteiger partial charge in [-0.3, -0.25) is 15.5 Å². The van der Waals surface area contributed by atoms with E-state index in [1.165, 1.54) is 12.1 Å². The zero-order valence-electron chi connectivity index (χ0n) is 9.79. The molecule has 2 aromatic rings. The number of nitrogens with one attached hydrogen (secondary N) is 1. The van der Waals surface area contributed by atoms with E-state index in [0.717, 1.165) is 9.13 Å². The standard InChI is InChI=1S/C13H10IN3O2/c14-13-4-2-1-3-10(13)9-15-16-11-5-7-12(8-6-11)17(18)19/h1-9,16H/b15-9-. The van der Waals surface area contributed by atoms with Gasteiger partial charge >= 0.3 is 0 Å². The molecule has 0 amide bonds. The summed E-state index contributed by atoms with van der Waals surface area (Å²) in [6, 6.07) is 14.0. The van der Waals surface area contributed by atoms with Crippen molar-refractivity contribution < 1.29 is 4.92 Å². The molecule has 0 atom stereocenters. The largest absolute Gasteiger partial charge is 0.278 e. The smallest absolute Gasteiger partial charge is 0.269 e. The van der Waals surface area contributed by atoms with Gasteiger partial charge in [0.1, 0.15) is 0 Å². The third-order valence-corrected chi connectivity index (χ3v) is 3.36. The first-order chi connectivity index (χ1) is 9.16. The number of hydrogen-bond acceptors (Lipinski definition) is 4. The van der Waals surface area contributed by atoms with E-state index < -0.39 is 4.92 Å². The quantitative estimate of drug-likeness (QED) is 0.388. The van der Waals surface area contributed by atoms with E-state index in [9.17, 15) is 10.1 Å². The Kier molecular flexibility index (Phi) is 4.45. The summed E-state index contributed by atoms with van der Waals surface area (Å²) >= 11 is 2.23. The Bertz CT molecular complexity index is 612. The summed E-state index contributed by atoms with van der Waals surface area (Å²) in [5.74, 6) is 0. The van der Waals surface area contributed by atoms with Crippen LogP contribution in [0.4, 0.5) is 11.4 Å². The van der Waals surface area contributed by atoms with Crippen molar-refractivity contribution in [3.8, 4) is 0 Å². The Morgan fingerprint density at radius 1 is 1.16 bits per heavy atom. The molecule has 2 rings (SSSR count). The highest BCUT2D eigenvalue weighted by molar-refractivity contribution is 14.1. The molecule has 0 radical (unpaired) electrons. The third-order valence-electron chi connectivity index (χ3n) is 2.38. The Labute approximate surface area is 123 Å². The van der Waals surface area contributed by atoms with Crippen molar-refractivity contribution in [1.29, 1.82) is 0 Å². The number of nitro groups is 1. The van der Waals surface area contributed by atoms with Gasteiger partial charge in [-0.2, -0.15) is 5.10 Å². The van der Waals surface area contributed by atoms with E-state index in [0.29, 0.717) is 5.69 Å². The molecule has 0 aliphatic carbocycles. The summed E-state index contributed by atoms with van der Waals surface area (Å²) in [5.41, 5.74) is 4.61. The number of halogens is 1. The number of nitrogens with zero attached hydrogens (tertiary/aromatic N) is 2. The van der Waals surface area contributed by atoms with Crippen molar-refractivity contribution >= 4 is 40.2 Å². The lowest BCUT2D eigenvalue weighted by Crippen LogP contribution is -1.93. The maximum absolute atomic E-state index is 10.5. The van der Waals surface area contributed by atoms with Gasteiger partial charge in [0, 0.05) is 21.3 Å². The van der Waals surface area contributed by atoms with Gasteiger partial charge in [-0.15, -0.1) is 0 Å². The van der Waals surface area contributed by atoms with Gasteiger partial charge in [-0.05, 0) is 40.8 Å². The highest BCUT2D eigenvalue weighted by Gasteiger charge is 2.02. The average Bonchev–Trinajstić information content (AvgIpc) is 2.41. The van der Waals surface area contributed by atoms with Crippen LogP contribution in [0.15, 0.2) is 53.6 Å². The molecule has 2 aromatic carbocycles. The van der Waals surface area contributed by atoms with E-state index in [1.54, 1.807) is 18.3 Å². The Morgan fingerprint density at radius 3 is 2.47 bits per heavy atom. The molecular weight excluding hydrogens is 357 g/mol. The number of hydrazone groups is 1. The van der Waals surface area contributed by atoms with Gasteiger partial charge in [0.2, 0.25) is 0 Å². The Morgan fingerprint density at radius 2 is 1.84 bits per heavy atom. The summed E-state index contributed by atoms with van der Waals surface area (Å²) in [6.45, 7) is 0. The van der Waals surface area contributed by atoms with Crippen LogP contribution in [0.3, 0.4) is 0 Å². The van der Waals surface area contributed by atoms with E-state index in [2.05, 4.69) is 33.1 Å².